The molecule has 2 heterocycles. The van der Waals surface area contributed by atoms with Crippen molar-refractivity contribution in [2.24, 2.45) is 17.3 Å². The maximum Gasteiger partial charge on any atom is 0.0521 e. The summed E-state index contributed by atoms with van der Waals surface area (Å²) in [5.74, 6) is 1.51. The fourth-order valence-corrected chi connectivity index (χ4v) is 3.35. The molecular formula is C14H25NO2. The summed E-state index contributed by atoms with van der Waals surface area (Å²) in [4.78, 5) is 0. The van der Waals surface area contributed by atoms with Crippen molar-refractivity contribution in [3.63, 3.8) is 0 Å². The Balaban J connectivity index is 1.54. The average molecular weight is 239 g/mol. The molecule has 2 aliphatic heterocycles. The zero-order valence-electron chi connectivity index (χ0n) is 10.7. The predicted octanol–water partition coefficient (Wildman–Crippen LogP) is 1.82. The maximum atomic E-state index is 5.92. The first-order valence-corrected chi connectivity index (χ1v) is 7.25. The molecule has 0 amide bonds. The van der Waals surface area contributed by atoms with E-state index < -0.39 is 0 Å². The highest BCUT2D eigenvalue weighted by molar-refractivity contribution is 4.92. The Bertz CT molecular complexity index is 238. The molecule has 0 unspecified atom stereocenters. The Morgan fingerprint density at radius 2 is 1.94 bits per heavy atom. The summed E-state index contributed by atoms with van der Waals surface area (Å²) >= 11 is 0. The van der Waals surface area contributed by atoms with Crippen LogP contribution in [0, 0.1) is 17.3 Å². The molecule has 1 saturated carbocycles. The summed E-state index contributed by atoms with van der Waals surface area (Å²) < 4.78 is 11.6. The van der Waals surface area contributed by atoms with Crippen LogP contribution in [0.5, 0.6) is 0 Å². The maximum absolute atomic E-state index is 5.92. The van der Waals surface area contributed by atoms with E-state index in [-0.39, 0.29) is 0 Å². The Hall–Kier alpha value is -0.120. The minimum Gasteiger partial charge on any atom is -0.381 e. The first-order chi connectivity index (χ1) is 8.39. The van der Waals surface area contributed by atoms with Crippen molar-refractivity contribution >= 4 is 0 Å². The average Bonchev–Trinajstić information content (AvgIpc) is 3.17. The third kappa shape index (κ3) is 2.83. The number of nitrogens with one attached hydrogen (secondary N) is 1. The second kappa shape index (κ2) is 5.25. The molecule has 0 radical (unpaired) electrons. The van der Waals surface area contributed by atoms with E-state index in [4.69, 9.17) is 9.47 Å². The predicted molar refractivity (Wildman–Crippen MR) is 67.0 cm³/mol. The SMILES string of the molecule is C1CC2(CCN1)CCOC[C@@H]2COCC1CC1. The summed E-state index contributed by atoms with van der Waals surface area (Å²) in [5.41, 5.74) is 0.521. The molecule has 3 heteroatoms. The third-order valence-corrected chi connectivity index (χ3v) is 4.90. The molecule has 0 aromatic heterocycles. The van der Waals surface area contributed by atoms with E-state index in [1.807, 2.05) is 0 Å². The first kappa shape index (κ1) is 11.9. The molecule has 17 heavy (non-hydrogen) atoms. The van der Waals surface area contributed by atoms with E-state index in [0.717, 1.165) is 32.3 Å². The molecule has 0 aromatic rings. The van der Waals surface area contributed by atoms with Crippen molar-refractivity contribution in [3.05, 3.63) is 0 Å². The number of hydrogen-bond donors (Lipinski definition) is 1. The van der Waals surface area contributed by atoms with Crippen molar-refractivity contribution in [2.45, 2.75) is 32.1 Å². The molecule has 3 nitrogen and oxygen atoms in total. The topological polar surface area (TPSA) is 30.5 Å². The molecule has 98 valence electrons. The summed E-state index contributed by atoms with van der Waals surface area (Å²) in [6.07, 6.45) is 6.64. The van der Waals surface area contributed by atoms with Gasteiger partial charge in [-0.15, -0.1) is 0 Å². The van der Waals surface area contributed by atoms with Crippen LogP contribution in [-0.2, 0) is 9.47 Å². The Morgan fingerprint density at radius 1 is 1.12 bits per heavy atom. The van der Waals surface area contributed by atoms with Crippen molar-refractivity contribution in [3.8, 4) is 0 Å². The molecule has 1 N–H and O–H groups in total. The number of hydrogen-bond acceptors (Lipinski definition) is 3. The highest BCUT2D eigenvalue weighted by atomic mass is 16.5. The standard InChI is InChI=1S/C14H25NO2/c1-2-12(1)9-17-11-13-10-16-8-5-14(13)3-6-15-7-4-14/h12-13,15H,1-11H2/t13-/m1/s1. The molecule has 1 atom stereocenters. The molecule has 3 fully saturated rings. The molecule has 2 saturated heterocycles. The number of piperidine rings is 1. The van der Waals surface area contributed by atoms with Gasteiger partial charge in [-0.3, -0.25) is 0 Å². The normalized spacial score (nSPS) is 32.8. The van der Waals surface area contributed by atoms with E-state index in [1.54, 1.807) is 0 Å². The smallest absolute Gasteiger partial charge is 0.0521 e. The van der Waals surface area contributed by atoms with Crippen LogP contribution < -0.4 is 5.32 Å². The van der Waals surface area contributed by atoms with Gasteiger partial charge < -0.3 is 14.8 Å². The van der Waals surface area contributed by atoms with E-state index in [2.05, 4.69) is 5.32 Å². The zero-order chi connectivity index (χ0) is 11.6. The second-order valence-electron chi connectivity index (χ2n) is 6.12. The largest absolute Gasteiger partial charge is 0.381 e. The van der Waals surface area contributed by atoms with E-state index in [1.165, 1.54) is 45.2 Å². The highest BCUT2D eigenvalue weighted by Crippen LogP contribution is 2.43. The van der Waals surface area contributed by atoms with Gasteiger partial charge in [0, 0.05) is 19.1 Å². The van der Waals surface area contributed by atoms with Gasteiger partial charge in [-0.1, -0.05) is 0 Å². The lowest BCUT2D eigenvalue weighted by Gasteiger charge is -2.46. The van der Waals surface area contributed by atoms with Crippen LogP contribution in [0.3, 0.4) is 0 Å². The quantitative estimate of drug-likeness (QED) is 0.812. The van der Waals surface area contributed by atoms with Gasteiger partial charge in [-0.25, -0.2) is 0 Å². The molecule has 0 aromatic carbocycles. The summed E-state index contributed by atoms with van der Waals surface area (Å²) in [6, 6.07) is 0. The van der Waals surface area contributed by atoms with Gasteiger partial charge in [0.05, 0.1) is 13.2 Å². The Labute approximate surface area is 104 Å². The summed E-state index contributed by atoms with van der Waals surface area (Å²) in [6.45, 7) is 6.16. The lowest BCUT2D eigenvalue weighted by molar-refractivity contribution is -0.0892. The van der Waals surface area contributed by atoms with Gasteiger partial charge in [-0.05, 0) is 56.5 Å². The van der Waals surface area contributed by atoms with Crippen LogP contribution in [0.25, 0.3) is 0 Å². The van der Waals surface area contributed by atoms with Crippen LogP contribution >= 0.6 is 0 Å². The van der Waals surface area contributed by atoms with E-state index >= 15 is 0 Å². The van der Waals surface area contributed by atoms with Gasteiger partial charge in [0.25, 0.3) is 0 Å². The minimum atomic E-state index is 0.521. The molecule has 3 rings (SSSR count). The number of rotatable bonds is 4. The fraction of sp³-hybridized carbons (Fsp3) is 1.00. The van der Waals surface area contributed by atoms with Gasteiger partial charge >= 0.3 is 0 Å². The lowest BCUT2D eigenvalue weighted by atomic mass is 9.66. The Morgan fingerprint density at radius 3 is 2.71 bits per heavy atom. The monoisotopic (exact) mass is 239 g/mol. The molecular weight excluding hydrogens is 214 g/mol. The van der Waals surface area contributed by atoms with Crippen LogP contribution in [-0.4, -0.2) is 39.5 Å². The van der Waals surface area contributed by atoms with E-state index in [9.17, 15) is 0 Å². The minimum absolute atomic E-state index is 0.521. The van der Waals surface area contributed by atoms with Crippen LogP contribution in [0.4, 0.5) is 0 Å². The van der Waals surface area contributed by atoms with Crippen LogP contribution in [0.15, 0.2) is 0 Å². The highest BCUT2D eigenvalue weighted by Gasteiger charge is 2.42. The van der Waals surface area contributed by atoms with Crippen LogP contribution in [0.1, 0.15) is 32.1 Å². The van der Waals surface area contributed by atoms with Crippen molar-refractivity contribution in [1.82, 2.24) is 5.32 Å². The fourth-order valence-electron chi connectivity index (χ4n) is 3.35. The zero-order valence-corrected chi connectivity index (χ0v) is 10.7. The molecule has 1 aliphatic carbocycles. The summed E-state index contributed by atoms with van der Waals surface area (Å²) in [7, 11) is 0. The third-order valence-electron chi connectivity index (χ3n) is 4.90. The van der Waals surface area contributed by atoms with Gasteiger partial charge in [0.2, 0.25) is 0 Å². The summed E-state index contributed by atoms with van der Waals surface area (Å²) in [5, 5.41) is 3.48. The van der Waals surface area contributed by atoms with Crippen LogP contribution in [0.2, 0.25) is 0 Å². The molecule has 0 bridgehead atoms. The molecule has 1 spiro atoms. The van der Waals surface area contributed by atoms with Gasteiger partial charge in [-0.2, -0.15) is 0 Å². The van der Waals surface area contributed by atoms with Crippen molar-refractivity contribution in [2.75, 3.05) is 39.5 Å². The molecule has 3 aliphatic rings. The lowest BCUT2D eigenvalue weighted by Crippen LogP contribution is -2.48. The van der Waals surface area contributed by atoms with Gasteiger partial charge in [0.15, 0.2) is 0 Å². The van der Waals surface area contributed by atoms with Crippen molar-refractivity contribution < 1.29 is 9.47 Å². The van der Waals surface area contributed by atoms with Crippen molar-refractivity contribution in [1.29, 1.82) is 0 Å². The Kier molecular flexibility index (Phi) is 3.69. The van der Waals surface area contributed by atoms with E-state index in [0.29, 0.717) is 11.3 Å². The first-order valence-electron chi connectivity index (χ1n) is 7.25. The number of ether oxygens (including phenoxy) is 2. The van der Waals surface area contributed by atoms with Gasteiger partial charge in [0.1, 0.15) is 0 Å². The second-order valence-corrected chi connectivity index (χ2v) is 6.12.